The molecule has 0 saturated heterocycles. The van der Waals surface area contributed by atoms with Crippen LogP contribution in [0.3, 0.4) is 0 Å². The molecule has 0 unspecified atom stereocenters. The molecule has 0 fully saturated rings. The second-order valence-electron chi connectivity index (χ2n) is 7.80. The molecule has 1 amide bonds. The van der Waals surface area contributed by atoms with Gasteiger partial charge in [-0.05, 0) is 53.5 Å². The summed E-state index contributed by atoms with van der Waals surface area (Å²) in [5, 5.41) is 7.31. The lowest BCUT2D eigenvalue weighted by molar-refractivity contribution is 0.0952. The van der Waals surface area contributed by atoms with Crippen LogP contribution < -0.4 is 5.32 Å². The fourth-order valence-corrected chi connectivity index (χ4v) is 3.92. The number of hydrogen-bond acceptors (Lipinski definition) is 3. The Morgan fingerprint density at radius 1 is 1.00 bits per heavy atom. The van der Waals surface area contributed by atoms with Gasteiger partial charge in [0.2, 0.25) is 0 Å². The molecule has 0 bridgehead atoms. The monoisotopic (exact) mass is 427 g/mol. The fraction of sp³-hybridized carbons (Fsp3) is 0.192. The van der Waals surface area contributed by atoms with Crippen LogP contribution in [0.15, 0.2) is 79.1 Å². The third-order valence-electron chi connectivity index (χ3n) is 5.30. The second-order valence-corrected chi connectivity index (χ2v) is 8.37. The van der Waals surface area contributed by atoms with Gasteiger partial charge in [0.05, 0.1) is 17.3 Å². The number of aromatic nitrogens is 2. The van der Waals surface area contributed by atoms with Gasteiger partial charge in [0.15, 0.2) is 0 Å². The first-order chi connectivity index (χ1) is 15.1. The van der Waals surface area contributed by atoms with E-state index in [9.17, 15) is 4.79 Å². The van der Waals surface area contributed by atoms with Crippen LogP contribution in [-0.2, 0) is 19.4 Å². The van der Waals surface area contributed by atoms with Crippen molar-refractivity contribution in [2.75, 3.05) is 0 Å². The van der Waals surface area contributed by atoms with Gasteiger partial charge in [-0.1, -0.05) is 72.4 Å². The van der Waals surface area contributed by atoms with E-state index in [-0.39, 0.29) is 5.91 Å². The summed E-state index contributed by atoms with van der Waals surface area (Å²) in [6, 6.07) is 22.4. The summed E-state index contributed by atoms with van der Waals surface area (Å²) < 4.78 is 1.74. The third-order valence-corrected chi connectivity index (χ3v) is 5.65. The summed E-state index contributed by atoms with van der Waals surface area (Å²) in [5.74, 6) is -0.119. The van der Waals surface area contributed by atoms with Crippen LogP contribution in [0.1, 0.15) is 39.0 Å². The highest BCUT2D eigenvalue weighted by Gasteiger charge is 2.13. The van der Waals surface area contributed by atoms with Gasteiger partial charge in [-0.15, -0.1) is 0 Å². The molecule has 5 heteroatoms. The lowest BCUT2D eigenvalue weighted by Crippen LogP contribution is -2.22. The number of nitrogens with one attached hydrogen (secondary N) is 1. The van der Waals surface area contributed by atoms with Gasteiger partial charge >= 0.3 is 0 Å². The van der Waals surface area contributed by atoms with E-state index < -0.39 is 0 Å². The van der Waals surface area contributed by atoms with E-state index in [0.717, 1.165) is 40.8 Å². The number of rotatable bonds is 8. The molecule has 4 nitrogen and oxygen atoms in total. The van der Waals surface area contributed by atoms with E-state index in [0.29, 0.717) is 12.1 Å². The molecule has 31 heavy (non-hydrogen) atoms. The number of fused-ring (bicyclic) bond motifs is 1. The average molecular weight is 428 g/mol. The maximum Gasteiger partial charge on any atom is 0.255 e. The van der Waals surface area contributed by atoms with Gasteiger partial charge in [-0.2, -0.15) is 5.10 Å². The average Bonchev–Trinajstić information content (AvgIpc) is 3.20. The predicted molar refractivity (Wildman–Crippen MR) is 129 cm³/mol. The maximum atomic E-state index is 12.7. The highest BCUT2D eigenvalue weighted by Crippen LogP contribution is 2.16. The normalized spacial score (nSPS) is 10.9. The number of nitrogens with zero attached hydrogens (tertiary/aromatic N) is 2. The summed E-state index contributed by atoms with van der Waals surface area (Å²) in [5.41, 5.74) is 6.12. The smallest absolute Gasteiger partial charge is 0.255 e. The molecule has 2 heterocycles. The van der Waals surface area contributed by atoms with Crippen LogP contribution in [0.4, 0.5) is 0 Å². The standard InChI is InChI=1S/C26H25N3OS/c1-19-6-5-9-22(14-19)15-23(31)11-10-20-12-13-29-25(16-20)24(18-28-29)26(30)27-17-21-7-3-2-4-8-21/h2-9,12-14,16,18H,10-11,15,17H2,1H3,(H,27,30). The van der Waals surface area contributed by atoms with Gasteiger partial charge < -0.3 is 5.32 Å². The van der Waals surface area contributed by atoms with Crippen LogP contribution >= 0.6 is 12.2 Å². The molecule has 0 aliphatic rings. The van der Waals surface area contributed by atoms with Gasteiger partial charge in [0, 0.05) is 19.2 Å². The highest BCUT2D eigenvalue weighted by molar-refractivity contribution is 7.80. The van der Waals surface area contributed by atoms with E-state index in [1.165, 1.54) is 11.1 Å². The van der Waals surface area contributed by atoms with Crippen LogP contribution in [-0.4, -0.2) is 20.4 Å². The van der Waals surface area contributed by atoms with Crippen LogP contribution in [0.5, 0.6) is 0 Å². The number of hydrogen-bond donors (Lipinski definition) is 1. The van der Waals surface area contributed by atoms with Gasteiger partial charge in [0.1, 0.15) is 0 Å². The number of carbonyl (C=O) groups is 1. The van der Waals surface area contributed by atoms with Crippen molar-refractivity contribution < 1.29 is 4.79 Å². The lowest BCUT2D eigenvalue weighted by atomic mass is 10.0. The molecule has 0 atom stereocenters. The Balaban J connectivity index is 1.40. The largest absolute Gasteiger partial charge is 0.348 e. The van der Waals surface area contributed by atoms with E-state index in [4.69, 9.17) is 12.2 Å². The quantitative estimate of drug-likeness (QED) is 0.397. The molecule has 0 spiro atoms. The zero-order chi connectivity index (χ0) is 21.6. The Morgan fingerprint density at radius 2 is 1.81 bits per heavy atom. The van der Waals surface area contributed by atoms with Gasteiger partial charge in [-0.3, -0.25) is 4.79 Å². The van der Waals surface area contributed by atoms with Crippen molar-refractivity contribution in [3.63, 3.8) is 0 Å². The summed E-state index contributed by atoms with van der Waals surface area (Å²) in [7, 11) is 0. The Labute approximate surface area is 187 Å². The number of pyridine rings is 1. The molecule has 2 aromatic heterocycles. The number of carbonyl (C=O) groups excluding carboxylic acids is 1. The van der Waals surface area contributed by atoms with E-state index in [1.807, 2.05) is 48.7 Å². The van der Waals surface area contributed by atoms with E-state index in [2.05, 4.69) is 41.6 Å². The molecule has 156 valence electrons. The molecular formula is C26H25N3OS. The highest BCUT2D eigenvalue weighted by atomic mass is 32.1. The maximum absolute atomic E-state index is 12.7. The van der Waals surface area contributed by atoms with Crippen molar-refractivity contribution in [2.45, 2.75) is 32.7 Å². The van der Waals surface area contributed by atoms with Crippen LogP contribution in [0.25, 0.3) is 5.52 Å². The molecule has 4 rings (SSSR count). The molecular weight excluding hydrogens is 402 g/mol. The number of thiocarbonyl (C=S) groups is 1. The summed E-state index contributed by atoms with van der Waals surface area (Å²) in [6.07, 6.45) is 6.03. The molecule has 0 aliphatic carbocycles. The molecule has 0 aliphatic heterocycles. The molecule has 1 N–H and O–H groups in total. The van der Waals surface area contributed by atoms with Crippen molar-refractivity contribution in [3.05, 3.63) is 107 Å². The van der Waals surface area contributed by atoms with E-state index in [1.54, 1.807) is 10.7 Å². The van der Waals surface area contributed by atoms with Crippen molar-refractivity contribution in [2.24, 2.45) is 0 Å². The lowest BCUT2D eigenvalue weighted by Gasteiger charge is -2.07. The summed E-state index contributed by atoms with van der Waals surface area (Å²) >= 11 is 5.62. The Kier molecular flexibility index (Phi) is 6.53. The molecule has 4 aromatic rings. The molecule has 2 aromatic carbocycles. The topological polar surface area (TPSA) is 46.4 Å². The predicted octanol–water partition coefficient (Wildman–Crippen LogP) is 5.12. The van der Waals surface area contributed by atoms with Gasteiger partial charge in [-0.25, -0.2) is 4.52 Å². The molecule has 0 saturated carbocycles. The number of aryl methyl sites for hydroxylation is 2. The zero-order valence-electron chi connectivity index (χ0n) is 17.5. The van der Waals surface area contributed by atoms with Crippen LogP contribution in [0, 0.1) is 6.92 Å². The fourth-order valence-electron chi connectivity index (χ4n) is 3.65. The number of amides is 1. The number of benzene rings is 2. The molecule has 0 radical (unpaired) electrons. The first-order valence-corrected chi connectivity index (χ1v) is 10.8. The minimum atomic E-state index is -0.119. The van der Waals surface area contributed by atoms with Crippen molar-refractivity contribution in [3.8, 4) is 0 Å². The summed E-state index contributed by atoms with van der Waals surface area (Å²) in [6.45, 7) is 2.59. The SMILES string of the molecule is Cc1cccc(CC(=S)CCc2ccn3ncc(C(=O)NCc4ccccc4)c3c2)c1. The second kappa shape index (κ2) is 9.67. The summed E-state index contributed by atoms with van der Waals surface area (Å²) in [4.78, 5) is 13.8. The van der Waals surface area contributed by atoms with E-state index >= 15 is 0 Å². The Morgan fingerprint density at radius 3 is 2.61 bits per heavy atom. The first-order valence-electron chi connectivity index (χ1n) is 10.4. The zero-order valence-corrected chi connectivity index (χ0v) is 18.4. The van der Waals surface area contributed by atoms with Gasteiger partial charge in [0.25, 0.3) is 5.91 Å². The van der Waals surface area contributed by atoms with Crippen molar-refractivity contribution in [1.82, 2.24) is 14.9 Å². The third kappa shape index (κ3) is 5.44. The Hall–Kier alpha value is -3.31. The van der Waals surface area contributed by atoms with Crippen LogP contribution in [0.2, 0.25) is 0 Å². The minimum Gasteiger partial charge on any atom is -0.348 e. The Bertz CT molecular complexity index is 1210. The minimum absolute atomic E-state index is 0.119. The van der Waals surface area contributed by atoms with Crippen molar-refractivity contribution in [1.29, 1.82) is 0 Å². The van der Waals surface area contributed by atoms with Crippen molar-refractivity contribution >= 4 is 28.5 Å². The first kappa shape index (κ1) is 20.9.